The highest BCUT2D eigenvalue weighted by molar-refractivity contribution is 5.74. The SMILES string of the molecule is C=CCc1ccc(OCC(=O)Oc2ccc(-c3nnco3)cc2)c(OC)c1. The number of methoxy groups -OCH3 is 1. The van der Waals surface area contributed by atoms with Gasteiger partial charge in [0.25, 0.3) is 0 Å². The van der Waals surface area contributed by atoms with Gasteiger partial charge in [-0.1, -0.05) is 12.1 Å². The third-order valence-corrected chi connectivity index (χ3v) is 3.65. The number of hydrogen-bond acceptors (Lipinski definition) is 7. The van der Waals surface area contributed by atoms with Crippen LogP contribution in [0.2, 0.25) is 0 Å². The van der Waals surface area contributed by atoms with Crippen molar-refractivity contribution >= 4 is 5.97 Å². The van der Waals surface area contributed by atoms with Gasteiger partial charge in [0.1, 0.15) is 5.75 Å². The van der Waals surface area contributed by atoms with Crippen molar-refractivity contribution < 1.29 is 23.4 Å². The zero-order valence-electron chi connectivity index (χ0n) is 14.8. The smallest absolute Gasteiger partial charge is 0.349 e. The molecule has 0 bridgehead atoms. The number of carbonyl (C=O) groups is 1. The van der Waals surface area contributed by atoms with Crippen LogP contribution < -0.4 is 14.2 Å². The molecule has 138 valence electrons. The summed E-state index contributed by atoms with van der Waals surface area (Å²) < 4.78 is 21.2. The van der Waals surface area contributed by atoms with Crippen LogP contribution in [0.4, 0.5) is 0 Å². The molecular weight excluding hydrogens is 348 g/mol. The lowest BCUT2D eigenvalue weighted by Gasteiger charge is -2.11. The Hall–Kier alpha value is -3.61. The lowest BCUT2D eigenvalue weighted by molar-refractivity contribution is -0.136. The van der Waals surface area contributed by atoms with Gasteiger partial charge >= 0.3 is 5.97 Å². The first-order chi connectivity index (χ1) is 13.2. The van der Waals surface area contributed by atoms with Crippen LogP contribution in [0.25, 0.3) is 11.5 Å². The highest BCUT2D eigenvalue weighted by Gasteiger charge is 2.11. The third-order valence-electron chi connectivity index (χ3n) is 3.65. The fourth-order valence-electron chi connectivity index (χ4n) is 2.39. The molecule has 3 rings (SSSR count). The van der Waals surface area contributed by atoms with Crippen molar-refractivity contribution in [3.8, 4) is 28.7 Å². The number of nitrogens with zero attached hydrogens (tertiary/aromatic N) is 2. The second-order valence-corrected chi connectivity index (χ2v) is 5.51. The Kier molecular flexibility index (Phi) is 5.84. The summed E-state index contributed by atoms with van der Waals surface area (Å²) >= 11 is 0. The summed E-state index contributed by atoms with van der Waals surface area (Å²) in [5, 5.41) is 7.43. The third kappa shape index (κ3) is 4.72. The lowest BCUT2D eigenvalue weighted by atomic mass is 10.1. The van der Waals surface area contributed by atoms with Gasteiger partial charge in [0.15, 0.2) is 18.1 Å². The molecule has 0 atom stereocenters. The van der Waals surface area contributed by atoms with Crippen molar-refractivity contribution in [1.82, 2.24) is 10.2 Å². The number of hydrogen-bond donors (Lipinski definition) is 0. The predicted octanol–water partition coefficient (Wildman–Crippen LogP) is 3.46. The lowest BCUT2D eigenvalue weighted by Crippen LogP contribution is -2.18. The van der Waals surface area contributed by atoms with Crippen molar-refractivity contribution in [1.29, 1.82) is 0 Å². The van der Waals surface area contributed by atoms with Crippen LogP contribution in [-0.4, -0.2) is 29.9 Å². The minimum atomic E-state index is -0.530. The summed E-state index contributed by atoms with van der Waals surface area (Å²) in [5.74, 6) is 1.26. The standard InChI is InChI=1S/C20H18N2O5/c1-3-4-14-5-10-17(18(11-14)24-2)25-12-19(23)27-16-8-6-15(7-9-16)20-22-21-13-26-20/h3,5-11,13H,1,4,12H2,2H3. The quantitative estimate of drug-likeness (QED) is 0.343. The van der Waals surface area contributed by atoms with E-state index in [2.05, 4.69) is 16.8 Å². The number of esters is 1. The summed E-state index contributed by atoms with van der Waals surface area (Å²) in [6, 6.07) is 12.2. The molecule has 3 aromatic rings. The molecule has 0 fully saturated rings. The molecule has 0 saturated heterocycles. The van der Waals surface area contributed by atoms with Crippen molar-refractivity contribution in [2.75, 3.05) is 13.7 Å². The average molecular weight is 366 g/mol. The molecule has 1 heterocycles. The fraction of sp³-hybridized carbons (Fsp3) is 0.150. The Morgan fingerprint density at radius 1 is 1.19 bits per heavy atom. The van der Waals surface area contributed by atoms with Gasteiger partial charge in [-0.25, -0.2) is 4.79 Å². The highest BCUT2D eigenvalue weighted by Crippen LogP contribution is 2.28. The van der Waals surface area contributed by atoms with Crippen LogP contribution >= 0.6 is 0 Å². The molecule has 1 aromatic heterocycles. The van der Waals surface area contributed by atoms with Crippen LogP contribution in [0, 0.1) is 0 Å². The Labute approximate surface area is 156 Å². The van der Waals surface area contributed by atoms with Crippen LogP contribution in [0.5, 0.6) is 17.2 Å². The number of aromatic nitrogens is 2. The maximum Gasteiger partial charge on any atom is 0.349 e. The monoisotopic (exact) mass is 366 g/mol. The van der Waals surface area contributed by atoms with E-state index in [1.165, 1.54) is 6.39 Å². The molecular formula is C20H18N2O5. The van der Waals surface area contributed by atoms with Crippen LogP contribution in [0.3, 0.4) is 0 Å². The van der Waals surface area contributed by atoms with E-state index in [1.54, 1.807) is 43.5 Å². The van der Waals surface area contributed by atoms with Crippen molar-refractivity contribution in [3.63, 3.8) is 0 Å². The van der Waals surface area contributed by atoms with E-state index in [-0.39, 0.29) is 6.61 Å². The Morgan fingerprint density at radius 2 is 2.00 bits per heavy atom. The summed E-state index contributed by atoms with van der Waals surface area (Å²) in [5.41, 5.74) is 1.77. The molecule has 7 heteroatoms. The van der Waals surface area contributed by atoms with E-state index in [0.717, 1.165) is 17.5 Å². The topological polar surface area (TPSA) is 83.7 Å². The molecule has 0 N–H and O–H groups in total. The van der Waals surface area contributed by atoms with E-state index in [0.29, 0.717) is 23.1 Å². The Morgan fingerprint density at radius 3 is 2.67 bits per heavy atom. The first kappa shape index (κ1) is 18.2. The first-order valence-corrected chi connectivity index (χ1v) is 8.17. The first-order valence-electron chi connectivity index (χ1n) is 8.17. The second-order valence-electron chi connectivity index (χ2n) is 5.51. The molecule has 0 spiro atoms. The largest absolute Gasteiger partial charge is 0.493 e. The van der Waals surface area contributed by atoms with Crippen LogP contribution in [0.1, 0.15) is 5.56 Å². The molecule has 0 aliphatic heterocycles. The molecule has 0 aliphatic carbocycles. The predicted molar refractivity (Wildman–Crippen MR) is 97.8 cm³/mol. The minimum absolute atomic E-state index is 0.247. The van der Waals surface area contributed by atoms with Gasteiger partial charge in [-0.3, -0.25) is 0 Å². The van der Waals surface area contributed by atoms with Gasteiger partial charge in [0.2, 0.25) is 12.3 Å². The number of rotatable bonds is 8. The summed E-state index contributed by atoms with van der Waals surface area (Å²) in [4.78, 5) is 12.0. The van der Waals surface area contributed by atoms with Gasteiger partial charge in [-0.2, -0.15) is 0 Å². The number of ether oxygens (including phenoxy) is 3. The number of carbonyl (C=O) groups excluding carboxylic acids is 1. The van der Waals surface area contributed by atoms with Crippen molar-refractivity contribution in [2.45, 2.75) is 6.42 Å². The van der Waals surface area contributed by atoms with Crippen molar-refractivity contribution in [3.05, 3.63) is 67.1 Å². The van der Waals surface area contributed by atoms with E-state index >= 15 is 0 Å². The van der Waals surface area contributed by atoms with Gasteiger partial charge in [0, 0.05) is 5.56 Å². The Balaban J connectivity index is 1.57. The summed E-state index contributed by atoms with van der Waals surface area (Å²) in [7, 11) is 1.54. The van der Waals surface area contributed by atoms with Gasteiger partial charge in [-0.05, 0) is 48.4 Å². The molecule has 0 radical (unpaired) electrons. The molecule has 0 aliphatic rings. The minimum Gasteiger partial charge on any atom is -0.493 e. The maximum absolute atomic E-state index is 12.0. The van der Waals surface area contributed by atoms with E-state index in [9.17, 15) is 4.79 Å². The molecule has 0 saturated carbocycles. The van der Waals surface area contributed by atoms with E-state index < -0.39 is 5.97 Å². The van der Waals surface area contributed by atoms with Crippen LogP contribution in [-0.2, 0) is 11.2 Å². The average Bonchev–Trinajstić information content (AvgIpc) is 3.22. The van der Waals surface area contributed by atoms with Gasteiger partial charge in [0.05, 0.1) is 7.11 Å². The van der Waals surface area contributed by atoms with E-state index in [1.807, 2.05) is 12.1 Å². The van der Waals surface area contributed by atoms with E-state index in [4.69, 9.17) is 18.6 Å². The zero-order chi connectivity index (χ0) is 19.1. The van der Waals surface area contributed by atoms with Crippen molar-refractivity contribution in [2.24, 2.45) is 0 Å². The second kappa shape index (κ2) is 8.66. The molecule has 2 aromatic carbocycles. The molecule has 0 amide bonds. The molecule has 0 unspecified atom stereocenters. The van der Waals surface area contributed by atoms with Gasteiger partial charge < -0.3 is 18.6 Å². The number of benzene rings is 2. The summed E-state index contributed by atoms with van der Waals surface area (Å²) in [6.45, 7) is 3.46. The Bertz CT molecular complexity index is 905. The van der Waals surface area contributed by atoms with Gasteiger partial charge in [-0.15, -0.1) is 16.8 Å². The number of allylic oxidation sites excluding steroid dienone is 1. The summed E-state index contributed by atoms with van der Waals surface area (Å²) in [6.07, 6.45) is 3.77. The zero-order valence-corrected chi connectivity index (χ0v) is 14.8. The van der Waals surface area contributed by atoms with Crippen LogP contribution in [0.15, 0.2) is 65.9 Å². The normalized spacial score (nSPS) is 10.3. The highest BCUT2D eigenvalue weighted by atomic mass is 16.6. The molecule has 27 heavy (non-hydrogen) atoms. The fourth-order valence-corrected chi connectivity index (χ4v) is 2.39. The maximum atomic E-state index is 12.0. The molecule has 7 nitrogen and oxygen atoms in total.